The van der Waals surface area contributed by atoms with Crippen LogP contribution in [0.1, 0.15) is 103 Å². The van der Waals surface area contributed by atoms with E-state index in [2.05, 4.69) is 6.92 Å². The summed E-state index contributed by atoms with van der Waals surface area (Å²) in [6, 6.07) is 0. The molecule has 0 unspecified atom stereocenters. The Kier molecular flexibility index (Phi) is 17.3. The number of carbonyl (C=O) groups excluding carboxylic acids is 1. The Hall–Kier alpha value is -0.610. The van der Waals surface area contributed by atoms with E-state index in [1.807, 2.05) is 0 Å². The van der Waals surface area contributed by atoms with E-state index in [9.17, 15) is 10.0 Å². The second kappa shape index (κ2) is 17.7. The minimum absolute atomic E-state index is 0.244. The molecule has 4 nitrogen and oxygen atoms in total. The predicted octanol–water partition coefficient (Wildman–Crippen LogP) is 5.14. The lowest BCUT2D eigenvalue weighted by Gasteiger charge is -2.27. The van der Waals surface area contributed by atoms with Crippen LogP contribution in [0.25, 0.3) is 0 Å². The standard InChI is InChI=1S/C19H39N2O2/c1-2-3-4-5-6-7-8-9-10-11-12-13-14-16-19(22)21(23)18-15-17-20/h2-18,20H2,1H3/q-1. The number of hydrogen-bond acceptors (Lipinski definition) is 3. The fourth-order valence-corrected chi connectivity index (χ4v) is 2.78. The number of amides is 1. The maximum atomic E-state index is 11.5. The molecule has 23 heavy (non-hydrogen) atoms. The van der Waals surface area contributed by atoms with Crippen molar-refractivity contribution in [1.29, 1.82) is 0 Å². The number of unbranched alkanes of at least 4 members (excludes halogenated alkanes) is 12. The van der Waals surface area contributed by atoms with Gasteiger partial charge in [0.15, 0.2) is 0 Å². The van der Waals surface area contributed by atoms with Gasteiger partial charge < -0.3 is 16.0 Å². The fourth-order valence-electron chi connectivity index (χ4n) is 2.78. The van der Waals surface area contributed by atoms with E-state index in [0.29, 0.717) is 24.4 Å². The second-order valence-electron chi connectivity index (χ2n) is 6.63. The second-order valence-corrected chi connectivity index (χ2v) is 6.63. The molecule has 0 aliphatic rings. The van der Waals surface area contributed by atoms with Crippen LogP contribution in [0.2, 0.25) is 0 Å². The van der Waals surface area contributed by atoms with Gasteiger partial charge in [-0.25, -0.2) is 0 Å². The number of nitrogens with two attached hydrogens (primary N) is 1. The van der Waals surface area contributed by atoms with Crippen LogP contribution < -0.4 is 5.73 Å². The molecule has 0 heterocycles. The summed E-state index contributed by atoms with van der Waals surface area (Å²) in [4.78, 5) is 11.5. The molecule has 0 saturated heterocycles. The molecule has 0 spiro atoms. The quantitative estimate of drug-likeness (QED) is 0.297. The van der Waals surface area contributed by atoms with Crippen LogP contribution in [-0.4, -0.2) is 24.1 Å². The van der Waals surface area contributed by atoms with Crippen molar-refractivity contribution in [3.05, 3.63) is 5.21 Å². The number of nitrogens with zero attached hydrogens (tertiary/aromatic N) is 1. The van der Waals surface area contributed by atoms with Crippen LogP contribution in [0.4, 0.5) is 0 Å². The van der Waals surface area contributed by atoms with Gasteiger partial charge in [-0.15, -0.1) is 0 Å². The van der Waals surface area contributed by atoms with E-state index in [4.69, 9.17) is 5.73 Å². The third-order valence-corrected chi connectivity index (χ3v) is 4.34. The van der Waals surface area contributed by atoms with Crippen molar-refractivity contribution in [1.82, 2.24) is 5.06 Å². The molecule has 138 valence electrons. The molecule has 0 rings (SSSR count). The molecule has 0 fully saturated rings. The molecule has 0 aromatic heterocycles. The van der Waals surface area contributed by atoms with Gasteiger partial charge in [0.05, 0.1) is 0 Å². The Morgan fingerprint density at radius 1 is 0.783 bits per heavy atom. The van der Waals surface area contributed by atoms with Crippen molar-refractivity contribution < 1.29 is 4.79 Å². The normalized spacial score (nSPS) is 10.9. The van der Waals surface area contributed by atoms with Crippen molar-refractivity contribution in [2.45, 2.75) is 103 Å². The molecule has 1 amide bonds. The van der Waals surface area contributed by atoms with E-state index < -0.39 is 0 Å². The first-order valence-corrected chi connectivity index (χ1v) is 9.90. The van der Waals surface area contributed by atoms with Crippen LogP contribution in [0, 0.1) is 5.21 Å². The van der Waals surface area contributed by atoms with Crippen molar-refractivity contribution in [3.63, 3.8) is 0 Å². The van der Waals surface area contributed by atoms with Gasteiger partial charge in [0.2, 0.25) is 5.91 Å². The maximum Gasteiger partial charge on any atom is 0.212 e. The molecular weight excluding hydrogens is 288 g/mol. The Bertz CT molecular complexity index is 260. The number of hydrogen-bond donors (Lipinski definition) is 1. The minimum Gasteiger partial charge on any atom is -0.756 e. The Morgan fingerprint density at radius 3 is 1.65 bits per heavy atom. The first kappa shape index (κ1) is 22.4. The smallest absolute Gasteiger partial charge is 0.212 e. The molecule has 0 aliphatic heterocycles. The first-order chi connectivity index (χ1) is 11.2. The highest BCUT2D eigenvalue weighted by Gasteiger charge is 2.03. The molecule has 0 aromatic carbocycles. The number of carbonyl (C=O) groups is 1. The van der Waals surface area contributed by atoms with Crippen LogP contribution in [0.15, 0.2) is 0 Å². The SMILES string of the molecule is CCCCCCCCCCCCCCCC(=O)N([O-])CCCN. The van der Waals surface area contributed by atoms with Crippen molar-refractivity contribution in [2.24, 2.45) is 5.73 Å². The molecule has 0 aliphatic carbocycles. The summed E-state index contributed by atoms with van der Waals surface area (Å²) < 4.78 is 0. The number of rotatable bonds is 17. The largest absolute Gasteiger partial charge is 0.756 e. The van der Waals surface area contributed by atoms with Crippen molar-refractivity contribution in [3.8, 4) is 0 Å². The van der Waals surface area contributed by atoms with Crippen LogP contribution >= 0.6 is 0 Å². The maximum absolute atomic E-state index is 11.5. The lowest BCUT2D eigenvalue weighted by atomic mass is 10.0. The average Bonchev–Trinajstić information content (AvgIpc) is 2.56. The minimum atomic E-state index is -0.276. The van der Waals surface area contributed by atoms with Gasteiger partial charge in [-0.3, -0.25) is 4.79 Å². The number of hydroxylamine groups is 2. The zero-order valence-electron chi connectivity index (χ0n) is 15.4. The topological polar surface area (TPSA) is 69.4 Å². The molecule has 0 saturated carbocycles. The monoisotopic (exact) mass is 327 g/mol. The first-order valence-electron chi connectivity index (χ1n) is 9.90. The van der Waals surface area contributed by atoms with Crippen LogP contribution in [-0.2, 0) is 4.79 Å². The van der Waals surface area contributed by atoms with Gasteiger partial charge in [0.1, 0.15) is 0 Å². The van der Waals surface area contributed by atoms with Gasteiger partial charge in [0, 0.05) is 13.0 Å². The van der Waals surface area contributed by atoms with E-state index in [-0.39, 0.29) is 12.5 Å². The molecule has 2 N–H and O–H groups in total. The van der Waals surface area contributed by atoms with Crippen LogP contribution in [0.5, 0.6) is 0 Å². The summed E-state index contributed by atoms with van der Waals surface area (Å²) in [6.45, 7) is 2.97. The van der Waals surface area contributed by atoms with Gasteiger partial charge in [-0.2, -0.15) is 0 Å². The molecule has 0 atom stereocenters. The van der Waals surface area contributed by atoms with Crippen molar-refractivity contribution in [2.75, 3.05) is 13.1 Å². The summed E-state index contributed by atoms with van der Waals surface area (Å²) in [7, 11) is 0. The summed E-state index contributed by atoms with van der Waals surface area (Å²) in [5.41, 5.74) is 5.33. The summed E-state index contributed by atoms with van der Waals surface area (Å²) in [6.07, 6.45) is 17.7. The van der Waals surface area contributed by atoms with Crippen molar-refractivity contribution >= 4 is 5.91 Å². The average molecular weight is 328 g/mol. The highest BCUT2D eigenvalue weighted by molar-refractivity contribution is 5.76. The van der Waals surface area contributed by atoms with Gasteiger partial charge in [0.25, 0.3) is 0 Å². The molecular formula is C19H39N2O2-. The molecule has 0 aromatic rings. The van der Waals surface area contributed by atoms with E-state index >= 15 is 0 Å². The molecule has 0 radical (unpaired) electrons. The Balaban J connectivity index is 3.19. The van der Waals surface area contributed by atoms with Gasteiger partial charge >= 0.3 is 0 Å². The third kappa shape index (κ3) is 16.0. The summed E-state index contributed by atoms with van der Waals surface area (Å²) in [5.74, 6) is -0.276. The summed E-state index contributed by atoms with van der Waals surface area (Å²) in [5, 5.41) is 11.9. The summed E-state index contributed by atoms with van der Waals surface area (Å²) >= 11 is 0. The highest BCUT2D eigenvalue weighted by atomic mass is 16.5. The van der Waals surface area contributed by atoms with E-state index in [0.717, 1.165) is 12.8 Å². The van der Waals surface area contributed by atoms with E-state index in [1.54, 1.807) is 0 Å². The predicted molar refractivity (Wildman–Crippen MR) is 99.1 cm³/mol. The Morgan fingerprint density at radius 2 is 1.22 bits per heavy atom. The fraction of sp³-hybridized carbons (Fsp3) is 0.947. The third-order valence-electron chi connectivity index (χ3n) is 4.34. The van der Waals surface area contributed by atoms with E-state index in [1.165, 1.54) is 70.6 Å². The Labute approximate surface area is 143 Å². The molecule has 4 heteroatoms. The lowest BCUT2D eigenvalue weighted by Crippen LogP contribution is -2.27. The van der Waals surface area contributed by atoms with Crippen LogP contribution in [0.3, 0.4) is 0 Å². The zero-order valence-corrected chi connectivity index (χ0v) is 15.4. The molecule has 0 bridgehead atoms. The lowest BCUT2D eigenvalue weighted by molar-refractivity contribution is -0.128. The van der Waals surface area contributed by atoms with Gasteiger partial charge in [-0.05, 0) is 19.4 Å². The zero-order chi connectivity index (χ0) is 17.2. The highest BCUT2D eigenvalue weighted by Crippen LogP contribution is 2.13. The van der Waals surface area contributed by atoms with Gasteiger partial charge in [-0.1, -0.05) is 84.0 Å².